The number of carbonyl (C=O) groups is 1. The molecule has 1 aliphatic carbocycles. The molecule has 174 valence electrons. The SMILES string of the molecule is CN1CCC(C(c2ccccc2)n2cc(NC(=O)c3n[nH]c4c3CCC(C)(C)C4)cn2)CC1. The maximum Gasteiger partial charge on any atom is 0.276 e. The Morgan fingerprint density at radius 3 is 2.73 bits per heavy atom. The number of benzene rings is 1. The fourth-order valence-electron chi connectivity index (χ4n) is 5.42. The maximum absolute atomic E-state index is 13.1. The van der Waals surface area contributed by atoms with Crippen LogP contribution in [0.2, 0.25) is 0 Å². The zero-order chi connectivity index (χ0) is 23.0. The number of carbonyl (C=O) groups excluding carboxylic acids is 1. The van der Waals surface area contributed by atoms with Crippen molar-refractivity contribution in [3.05, 3.63) is 65.2 Å². The maximum atomic E-state index is 13.1. The van der Waals surface area contributed by atoms with E-state index in [0.29, 0.717) is 17.3 Å². The van der Waals surface area contributed by atoms with E-state index in [4.69, 9.17) is 0 Å². The number of nitrogens with zero attached hydrogens (tertiary/aromatic N) is 4. The molecule has 1 aliphatic heterocycles. The molecule has 0 saturated carbocycles. The molecule has 1 fully saturated rings. The second-order valence-corrected chi connectivity index (χ2v) is 10.5. The Labute approximate surface area is 195 Å². The fraction of sp³-hybridized carbons (Fsp3) is 0.500. The van der Waals surface area contributed by atoms with Gasteiger partial charge in [0.05, 0.1) is 17.9 Å². The lowest BCUT2D eigenvalue weighted by atomic mass is 9.76. The quantitative estimate of drug-likeness (QED) is 0.612. The molecule has 5 rings (SSSR count). The average molecular weight is 447 g/mol. The second kappa shape index (κ2) is 8.78. The third-order valence-corrected chi connectivity index (χ3v) is 7.37. The number of fused-ring (bicyclic) bond motifs is 1. The highest BCUT2D eigenvalue weighted by molar-refractivity contribution is 6.03. The van der Waals surface area contributed by atoms with Crippen LogP contribution in [0, 0.1) is 11.3 Å². The zero-order valence-electron chi connectivity index (χ0n) is 19.8. The summed E-state index contributed by atoms with van der Waals surface area (Å²) >= 11 is 0. The van der Waals surface area contributed by atoms with Gasteiger partial charge < -0.3 is 10.2 Å². The predicted octanol–water partition coefficient (Wildman–Crippen LogP) is 4.30. The first-order valence-electron chi connectivity index (χ1n) is 12.0. The van der Waals surface area contributed by atoms with E-state index in [1.165, 1.54) is 5.56 Å². The summed E-state index contributed by atoms with van der Waals surface area (Å²) in [7, 11) is 2.18. The van der Waals surface area contributed by atoms with Crippen LogP contribution in [0.15, 0.2) is 42.7 Å². The van der Waals surface area contributed by atoms with Crippen LogP contribution in [0.4, 0.5) is 5.69 Å². The molecular weight excluding hydrogens is 412 g/mol. The minimum atomic E-state index is -0.165. The monoisotopic (exact) mass is 446 g/mol. The number of anilines is 1. The molecule has 1 saturated heterocycles. The standard InChI is InChI=1S/C26H34N6O/c1-26(2)12-9-21-22(15-26)29-30-23(21)25(33)28-20-16-27-32(17-20)24(18-7-5-4-6-8-18)19-10-13-31(3)14-11-19/h4-8,16-17,19,24H,9-15H2,1-3H3,(H,28,33)(H,29,30). The van der Waals surface area contributed by atoms with Crippen molar-refractivity contribution in [3.8, 4) is 0 Å². The van der Waals surface area contributed by atoms with Gasteiger partial charge in [-0.2, -0.15) is 10.2 Å². The van der Waals surface area contributed by atoms with Crippen LogP contribution < -0.4 is 5.32 Å². The van der Waals surface area contributed by atoms with Gasteiger partial charge in [0.25, 0.3) is 5.91 Å². The second-order valence-electron chi connectivity index (χ2n) is 10.5. The summed E-state index contributed by atoms with van der Waals surface area (Å²) in [6, 6.07) is 10.7. The molecule has 7 heteroatoms. The molecule has 2 aliphatic rings. The van der Waals surface area contributed by atoms with Crippen molar-refractivity contribution in [2.24, 2.45) is 11.3 Å². The molecule has 1 amide bonds. The lowest BCUT2D eigenvalue weighted by Crippen LogP contribution is -2.34. The van der Waals surface area contributed by atoms with Crippen LogP contribution in [0.5, 0.6) is 0 Å². The Balaban J connectivity index is 1.35. The summed E-state index contributed by atoms with van der Waals surface area (Å²) in [5.41, 5.74) is 4.89. The summed E-state index contributed by atoms with van der Waals surface area (Å²) in [5.74, 6) is 0.344. The van der Waals surface area contributed by atoms with Crippen LogP contribution >= 0.6 is 0 Å². The lowest BCUT2D eigenvalue weighted by molar-refractivity contribution is 0.102. The van der Waals surface area contributed by atoms with E-state index in [1.54, 1.807) is 6.20 Å². The van der Waals surface area contributed by atoms with Gasteiger partial charge in [-0.05, 0) is 69.1 Å². The number of piperidine rings is 1. The highest BCUT2D eigenvalue weighted by Crippen LogP contribution is 2.36. The largest absolute Gasteiger partial charge is 0.318 e. The van der Waals surface area contributed by atoms with E-state index in [0.717, 1.165) is 56.5 Å². The number of H-pyrrole nitrogens is 1. The van der Waals surface area contributed by atoms with Crippen molar-refractivity contribution < 1.29 is 4.79 Å². The number of aromatic amines is 1. The van der Waals surface area contributed by atoms with Crippen molar-refractivity contribution in [2.45, 2.75) is 52.0 Å². The molecule has 2 aromatic heterocycles. The third kappa shape index (κ3) is 4.60. The molecule has 3 heterocycles. The summed E-state index contributed by atoms with van der Waals surface area (Å²) in [4.78, 5) is 15.4. The Morgan fingerprint density at radius 2 is 1.97 bits per heavy atom. The number of rotatable bonds is 5. The molecule has 33 heavy (non-hydrogen) atoms. The van der Waals surface area contributed by atoms with E-state index in [1.807, 2.05) is 10.9 Å². The van der Waals surface area contributed by atoms with E-state index in [-0.39, 0.29) is 17.4 Å². The van der Waals surface area contributed by atoms with Gasteiger partial charge in [0, 0.05) is 17.5 Å². The Morgan fingerprint density at radius 1 is 1.21 bits per heavy atom. The van der Waals surface area contributed by atoms with Crippen LogP contribution in [0.3, 0.4) is 0 Å². The summed E-state index contributed by atoms with van der Waals surface area (Å²) in [6.45, 7) is 6.72. The molecule has 0 radical (unpaired) electrons. The van der Waals surface area contributed by atoms with Gasteiger partial charge >= 0.3 is 0 Å². The first-order chi connectivity index (χ1) is 15.9. The Bertz CT molecular complexity index is 1110. The lowest BCUT2D eigenvalue weighted by Gasteiger charge is -2.34. The molecule has 1 atom stereocenters. The molecule has 7 nitrogen and oxygen atoms in total. The van der Waals surface area contributed by atoms with Gasteiger partial charge in [0.1, 0.15) is 0 Å². The smallest absolute Gasteiger partial charge is 0.276 e. The van der Waals surface area contributed by atoms with Crippen molar-refractivity contribution in [2.75, 3.05) is 25.5 Å². The van der Waals surface area contributed by atoms with Gasteiger partial charge in [0.2, 0.25) is 0 Å². The number of hydrogen-bond acceptors (Lipinski definition) is 4. The number of amides is 1. The number of likely N-dealkylation sites (tertiary alicyclic amines) is 1. The minimum Gasteiger partial charge on any atom is -0.318 e. The molecule has 2 N–H and O–H groups in total. The minimum absolute atomic E-state index is 0.158. The van der Waals surface area contributed by atoms with Gasteiger partial charge in [-0.25, -0.2) is 0 Å². The van der Waals surface area contributed by atoms with Crippen molar-refractivity contribution >= 4 is 11.6 Å². The topological polar surface area (TPSA) is 78.8 Å². The van der Waals surface area contributed by atoms with Crippen LogP contribution in [0.25, 0.3) is 0 Å². The Kier molecular flexibility index (Phi) is 5.83. The van der Waals surface area contributed by atoms with Gasteiger partial charge in [-0.1, -0.05) is 44.2 Å². The molecule has 0 spiro atoms. The molecule has 0 bridgehead atoms. The van der Waals surface area contributed by atoms with E-state index in [2.05, 4.69) is 76.7 Å². The summed E-state index contributed by atoms with van der Waals surface area (Å²) in [6.07, 6.45) is 8.86. The first-order valence-corrected chi connectivity index (χ1v) is 12.0. The zero-order valence-corrected chi connectivity index (χ0v) is 19.8. The molecule has 1 aromatic carbocycles. The summed E-state index contributed by atoms with van der Waals surface area (Å²) < 4.78 is 2.03. The van der Waals surface area contributed by atoms with Crippen LogP contribution in [-0.4, -0.2) is 50.9 Å². The van der Waals surface area contributed by atoms with E-state index >= 15 is 0 Å². The number of hydrogen-bond donors (Lipinski definition) is 2. The van der Waals surface area contributed by atoms with Crippen molar-refractivity contribution in [1.82, 2.24) is 24.9 Å². The first kappa shape index (κ1) is 21.9. The average Bonchev–Trinajstić information content (AvgIpc) is 3.42. The number of aromatic nitrogens is 4. The van der Waals surface area contributed by atoms with E-state index in [9.17, 15) is 4.79 Å². The number of nitrogens with one attached hydrogen (secondary N) is 2. The molecular formula is C26H34N6O. The van der Waals surface area contributed by atoms with Crippen LogP contribution in [0.1, 0.15) is 66.5 Å². The fourth-order valence-corrected chi connectivity index (χ4v) is 5.42. The normalized spacial score (nSPS) is 19.7. The van der Waals surface area contributed by atoms with Gasteiger partial charge in [-0.15, -0.1) is 0 Å². The van der Waals surface area contributed by atoms with E-state index < -0.39 is 0 Å². The molecule has 1 unspecified atom stereocenters. The van der Waals surface area contributed by atoms with Crippen molar-refractivity contribution in [3.63, 3.8) is 0 Å². The third-order valence-electron chi connectivity index (χ3n) is 7.37. The Hall–Kier alpha value is -2.93. The summed E-state index contributed by atoms with van der Waals surface area (Å²) in [5, 5.41) is 15.2. The highest BCUT2D eigenvalue weighted by atomic mass is 16.2. The van der Waals surface area contributed by atoms with Gasteiger partial charge in [-0.3, -0.25) is 14.6 Å². The van der Waals surface area contributed by atoms with Crippen molar-refractivity contribution in [1.29, 1.82) is 0 Å². The van der Waals surface area contributed by atoms with Crippen LogP contribution in [-0.2, 0) is 12.8 Å². The highest BCUT2D eigenvalue weighted by Gasteiger charge is 2.31. The molecule has 3 aromatic rings. The predicted molar refractivity (Wildman–Crippen MR) is 129 cm³/mol. The van der Waals surface area contributed by atoms with Gasteiger partial charge in [0.15, 0.2) is 5.69 Å².